The molecule has 0 radical (unpaired) electrons. The van der Waals surface area contributed by atoms with E-state index in [9.17, 15) is 18.8 Å². The monoisotopic (exact) mass is 559 g/mol. The van der Waals surface area contributed by atoms with Crippen molar-refractivity contribution in [2.24, 2.45) is 0 Å². The van der Waals surface area contributed by atoms with Crippen LogP contribution in [0.5, 0.6) is 17.2 Å². The Bertz CT molecular complexity index is 1570. The number of urea groups is 1. The predicted octanol–water partition coefficient (Wildman–Crippen LogP) is 5.92. The second-order valence-electron chi connectivity index (χ2n) is 9.27. The molecular weight excluding hydrogens is 532 g/mol. The number of rotatable bonds is 9. The lowest BCUT2D eigenvalue weighted by atomic mass is 10.1. The molecular formula is C30H27F2N5O4. The van der Waals surface area contributed by atoms with E-state index in [1.54, 1.807) is 24.4 Å². The van der Waals surface area contributed by atoms with Crippen LogP contribution in [-0.4, -0.2) is 55.4 Å². The molecule has 0 atom stereocenters. The van der Waals surface area contributed by atoms with Crippen LogP contribution in [0, 0.1) is 23.0 Å². The fraction of sp³-hybridized carbons (Fsp3) is 0.233. The number of hydrogen-bond donors (Lipinski definition) is 2. The van der Waals surface area contributed by atoms with Gasteiger partial charge in [-0.25, -0.2) is 13.6 Å². The fourth-order valence-electron chi connectivity index (χ4n) is 4.34. The van der Waals surface area contributed by atoms with Gasteiger partial charge >= 0.3 is 6.03 Å². The maximum atomic E-state index is 14.8. The third kappa shape index (κ3) is 7.25. The van der Waals surface area contributed by atoms with E-state index < -0.39 is 17.7 Å². The van der Waals surface area contributed by atoms with Crippen LogP contribution in [-0.2, 0) is 4.74 Å². The van der Waals surface area contributed by atoms with Crippen LogP contribution >= 0.6 is 0 Å². The van der Waals surface area contributed by atoms with Gasteiger partial charge in [-0.1, -0.05) is 0 Å². The zero-order valence-electron chi connectivity index (χ0n) is 22.0. The van der Waals surface area contributed by atoms with E-state index in [-0.39, 0.29) is 11.4 Å². The van der Waals surface area contributed by atoms with Crippen molar-refractivity contribution in [1.82, 2.24) is 9.88 Å². The summed E-state index contributed by atoms with van der Waals surface area (Å²) >= 11 is 0. The van der Waals surface area contributed by atoms with Gasteiger partial charge in [0.15, 0.2) is 0 Å². The molecule has 2 amide bonds. The van der Waals surface area contributed by atoms with E-state index in [1.165, 1.54) is 36.4 Å². The second kappa shape index (κ2) is 13.0. The average Bonchev–Trinajstić information content (AvgIpc) is 2.98. The van der Waals surface area contributed by atoms with E-state index in [1.807, 2.05) is 0 Å². The van der Waals surface area contributed by atoms with Crippen molar-refractivity contribution >= 4 is 28.3 Å². The number of hydrogen-bond acceptors (Lipinski definition) is 7. The second-order valence-corrected chi connectivity index (χ2v) is 9.27. The van der Waals surface area contributed by atoms with Crippen LogP contribution in [0.1, 0.15) is 12.0 Å². The summed E-state index contributed by atoms with van der Waals surface area (Å²) in [5.74, 6) is -0.166. The van der Waals surface area contributed by atoms with E-state index >= 15 is 0 Å². The Morgan fingerprint density at radius 3 is 2.59 bits per heavy atom. The number of benzene rings is 3. The van der Waals surface area contributed by atoms with Gasteiger partial charge in [0, 0.05) is 49.0 Å². The van der Waals surface area contributed by atoms with Gasteiger partial charge in [0.2, 0.25) is 0 Å². The van der Waals surface area contributed by atoms with Crippen molar-refractivity contribution in [1.29, 1.82) is 5.26 Å². The Kier molecular flexibility index (Phi) is 8.83. The highest BCUT2D eigenvalue weighted by atomic mass is 19.1. The molecule has 2 heterocycles. The van der Waals surface area contributed by atoms with Crippen molar-refractivity contribution in [2.75, 3.05) is 50.1 Å². The number of amides is 2. The molecule has 0 bridgehead atoms. The third-order valence-electron chi connectivity index (χ3n) is 6.42. The molecule has 1 saturated heterocycles. The van der Waals surface area contributed by atoms with Crippen molar-refractivity contribution < 1.29 is 27.8 Å². The Labute approximate surface area is 235 Å². The smallest absolute Gasteiger partial charge is 0.323 e. The molecule has 1 aromatic heterocycles. The topological polar surface area (TPSA) is 109 Å². The van der Waals surface area contributed by atoms with Gasteiger partial charge in [0.1, 0.15) is 35.0 Å². The summed E-state index contributed by atoms with van der Waals surface area (Å²) in [6.07, 6.45) is 2.36. The van der Waals surface area contributed by atoms with Crippen LogP contribution in [0.2, 0.25) is 0 Å². The number of carbonyl (C=O) groups is 1. The Hall–Kier alpha value is -4.79. The number of nitrogens with one attached hydrogen (secondary N) is 2. The number of nitriles is 1. The van der Waals surface area contributed by atoms with E-state index in [4.69, 9.17) is 14.2 Å². The minimum Gasteiger partial charge on any atom is -0.492 e. The lowest BCUT2D eigenvalue weighted by Crippen LogP contribution is -2.37. The summed E-state index contributed by atoms with van der Waals surface area (Å²) in [6.45, 7) is 4.63. The molecule has 4 aromatic rings. The van der Waals surface area contributed by atoms with Crippen LogP contribution < -0.4 is 20.1 Å². The quantitative estimate of drug-likeness (QED) is 0.245. The van der Waals surface area contributed by atoms with Gasteiger partial charge in [0.05, 0.1) is 36.6 Å². The molecule has 0 aliphatic carbocycles. The molecule has 0 spiro atoms. The van der Waals surface area contributed by atoms with Gasteiger partial charge in [-0.15, -0.1) is 0 Å². The number of pyridine rings is 1. The molecule has 9 nitrogen and oxygen atoms in total. The molecule has 1 aliphatic rings. The van der Waals surface area contributed by atoms with Gasteiger partial charge in [-0.3, -0.25) is 9.88 Å². The molecule has 3 aromatic carbocycles. The average molecular weight is 560 g/mol. The molecule has 5 rings (SSSR count). The van der Waals surface area contributed by atoms with Crippen LogP contribution in [0.25, 0.3) is 10.9 Å². The SMILES string of the molecule is N#Cc1cc2c(Oc3ccc(NC(=O)Nc4ccc(F)cc4)c(F)c3)ccnc2cc1OCCCN1CCOCC1. The number of ether oxygens (including phenoxy) is 3. The first kappa shape index (κ1) is 27.8. The highest BCUT2D eigenvalue weighted by Crippen LogP contribution is 2.34. The Morgan fingerprint density at radius 1 is 1.02 bits per heavy atom. The maximum absolute atomic E-state index is 14.8. The summed E-state index contributed by atoms with van der Waals surface area (Å²) in [5, 5.41) is 15.2. The number of anilines is 2. The first-order valence-corrected chi connectivity index (χ1v) is 13.1. The number of halogens is 2. The van der Waals surface area contributed by atoms with Gasteiger partial charge < -0.3 is 24.8 Å². The van der Waals surface area contributed by atoms with E-state index in [2.05, 4.69) is 26.6 Å². The minimum absolute atomic E-state index is 0.0706. The molecule has 0 unspecified atom stereocenters. The van der Waals surface area contributed by atoms with Crippen LogP contribution in [0.15, 0.2) is 66.9 Å². The molecule has 210 valence electrons. The Morgan fingerprint density at radius 2 is 1.83 bits per heavy atom. The Balaban J connectivity index is 1.24. The third-order valence-corrected chi connectivity index (χ3v) is 6.42. The van der Waals surface area contributed by atoms with Gasteiger partial charge in [0.25, 0.3) is 0 Å². The summed E-state index contributed by atoms with van der Waals surface area (Å²) in [4.78, 5) is 18.9. The van der Waals surface area contributed by atoms with Gasteiger partial charge in [-0.05, 0) is 55.0 Å². The minimum atomic E-state index is -0.722. The molecule has 1 aliphatic heterocycles. The summed E-state index contributed by atoms with van der Waals surface area (Å²) in [7, 11) is 0. The van der Waals surface area contributed by atoms with Crippen molar-refractivity contribution in [3.63, 3.8) is 0 Å². The summed E-state index contributed by atoms with van der Waals surface area (Å²) in [5.41, 5.74) is 1.17. The zero-order chi connectivity index (χ0) is 28.6. The van der Waals surface area contributed by atoms with Crippen LogP contribution in [0.4, 0.5) is 25.0 Å². The van der Waals surface area contributed by atoms with Crippen molar-refractivity contribution in [3.8, 4) is 23.3 Å². The first-order chi connectivity index (χ1) is 20.0. The van der Waals surface area contributed by atoms with Gasteiger partial charge in [-0.2, -0.15) is 5.26 Å². The van der Waals surface area contributed by atoms with E-state index in [0.717, 1.165) is 45.3 Å². The van der Waals surface area contributed by atoms with Crippen molar-refractivity contribution in [2.45, 2.75) is 6.42 Å². The predicted molar refractivity (Wildman–Crippen MR) is 149 cm³/mol. The molecule has 0 saturated carbocycles. The number of morpholine rings is 1. The highest BCUT2D eigenvalue weighted by Gasteiger charge is 2.14. The lowest BCUT2D eigenvalue weighted by molar-refractivity contribution is 0.0358. The molecule has 41 heavy (non-hydrogen) atoms. The summed E-state index contributed by atoms with van der Waals surface area (Å²) < 4.78 is 45.1. The summed E-state index contributed by atoms with van der Waals surface area (Å²) in [6, 6.07) is 15.6. The molecule has 11 heteroatoms. The maximum Gasteiger partial charge on any atom is 0.323 e. The van der Waals surface area contributed by atoms with Crippen LogP contribution in [0.3, 0.4) is 0 Å². The standard InChI is InChI=1S/C30H27F2N5O4/c31-21-2-4-22(5-3-21)35-30(38)36-26-7-6-23(17-25(26)32)41-28-8-9-34-27-18-29(20(19-33)16-24(27)28)40-13-1-10-37-11-14-39-15-12-37/h2-9,16-18H,1,10-15H2,(H2,35,36,38). The normalized spacial score (nSPS) is 13.4. The number of aromatic nitrogens is 1. The number of nitrogens with zero attached hydrogens (tertiary/aromatic N) is 3. The largest absolute Gasteiger partial charge is 0.492 e. The first-order valence-electron chi connectivity index (χ1n) is 13.1. The molecule has 1 fully saturated rings. The zero-order valence-corrected chi connectivity index (χ0v) is 22.0. The van der Waals surface area contributed by atoms with Crippen molar-refractivity contribution in [3.05, 3.63) is 84.1 Å². The number of carbonyl (C=O) groups excluding carboxylic acids is 1. The fourth-order valence-corrected chi connectivity index (χ4v) is 4.34. The number of fused-ring (bicyclic) bond motifs is 1. The lowest BCUT2D eigenvalue weighted by Gasteiger charge is -2.26. The highest BCUT2D eigenvalue weighted by molar-refractivity contribution is 5.99. The van der Waals surface area contributed by atoms with E-state index in [0.29, 0.717) is 40.3 Å². The molecule has 2 N–H and O–H groups in total.